The van der Waals surface area contributed by atoms with Gasteiger partial charge in [-0.3, -0.25) is 9.79 Å². The van der Waals surface area contributed by atoms with Crippen molar-refractivity contribution in [1.29, 1.82) is 0 Å². The Kier molecular flexibility index (Phi) is 13.6. The molecule has 1 atom stereocenters. The van der Waals surface area contributed by atoms with E-state index < -0.39 is 0 Å². The average Bonchev–Trinajstić information content (AvgIpc) is 2.61. The highest BCUT2D eigenvalue weighted by atomic mass is 127. The van der Waals surface area contributed by atoms with Crippen molar-refractivity contribution in [2.45, 2.75) is 51.1 Å². The Morgan fingerprint density at radius 1 is 1.27 bits per heavy atom. The van der Waals surface area contributed by atoms with Gasteiger partial charge >= 0.3 is 0 Å². The zero-order valence-electron chi connectivity index (χ0n) is 16.5. The summed E-state index contributed by atoms with van der Waals surface area (Å²) >= 11 is 1.74. The van der Waals surface area contributed by atoms with Crippen molar-refractivity contribution in [2.24, 2.45) is 4.99 Å². The molecule has 5 nitrogen and oxygen atoms in total. The third kappa shape index (κ3) is 9.66. The van der Waals surface area contributed by atoms with Gasteiger partial charge in [0.25, 0.3) is 0 Å². The molecule has 1 unspecified atom stereocenters. The number of hydrogen-bond donors (Lipinski definition) is 2. The summed E-state index contributed by atoms with van der Waals surface area (Å²) in [5.41, 5.74) is 1.24. The summed E-state index contributed by atoms with van der Waals surface area (Å²) in [4.78, 5) is 19.8. The highest BCUT2D eigenvalue weighted by molar-refractivity contribution is 14.0. The highest BCUT2D eigenvalue weighted by Gasteiger charge is 2.08. The van der Waals surface area contributed by atoms with Crippen LogP contribution in [0.2, 0.25) is 0 Å². The van der Waals surface area contributed by atoms with E-state index in [0.717, 1.165) is 25.5 Å². The minimum atomic E-state index is 0. The number of benzene rings is 1. The van der Waals surface area contributed by atoms with Crippen molar-refractivity contribution in [2.75, 3.05) is 26.4 Å². The lowest BCUT2D eigenvalue weighted by Gasteiger charge is -2.22. The predicted molar refractivity (Wildman–Crippen MR) is 124 cm³/mol. The normalized spacial score (nSPS) is 12.1. The summed E-state index contributed by atoms with van der Waals surface area (Å²) in [5, 5.41) is 6.26. The summed E-state index contributed by atoms with van der Waals surface area (Å²) in [7, 11) is 2.02. The Bertz CT molecular complexity index is 551. The third-order valence-electron chi connectivity index (χ3n) is 3.90. The van der Waals surface area contributed by atoms with Gasteiger partial charge < -0.3 is 15.5 Å². The molecular formula is C19H33IN4OS. The molecule has 0 aliphatic heterocycles. The summed E-state index contributed by atoms with van der Waals surface area (Å²) in [6, 6.07) is 8.78. The Morgan fingerprint density at radius 3 is 2.46 bits per heavy atom. The van der Waals surface area contributed by atoms with E-state index >= 15 is 0 Å². The molecule has 0 saturated heterocycles. The second-order valence-electron chi connectivity index (χ2n) is 6.07. The van der Waals surface area contributed by atoms with E-state index in [4.69, 9.17) is 0 Å². The first kappa shape index (κ1) is 25.0. The van der Waals surface area contributed by atoms with Gasteiger partial charge in [0.2, 0.25) is 5.91 Å². The molecule has 1 aromatic rings. The lowest BCUT2D eigenvalue weighted by molar-refractivity contribution is -0.121. The fourth-order valence-electron chi connectivity index (χ4n) is 2.26. The SMILES string of the molecule is CCNC(=NCCC(=O)NC(C)CC)N(C)Cc1ccc(SC)cc1.I. The number of hydrogen-bond acceptors (Lipinski definition) is 3. The van der Waals surface area contributed by atoms with E-state index in [1.54, 1.807) is 11.8 Å². The number of guanidine groups is 1. The average molecular weight is 492 g/mol. The molecule has 0 heterocycles. The maximum atomic E-state index is 11.9. The largest absolute Gasteiger partial charge is 0.357 e. The predicted octanol–water partition coefficient (Wildman–Crippen LogP) is 3.73. The zero-order chi connectivity index (χ0) is 18.7. The van der Waals surface area contributed by atoms with Crippen molar-refractivity contribution in [3.8, 4) is 0 Å². The van der Waals surface area contributed by atoms with Gasteiger partial charge in [-0.25, -0.2) is 0 Å². The maximum Gasteiger partial charge on any atom is 0.222 e. The van der Waals surface area contributed by atoms with Crippen LogP contribution in [-0.4, -0.2) is 49.2 Å². The van der Waals surface area contributed by atoms with Crippen LogP contribution < -0.4 is 10.6 Å². The second kappa shape index (κ2) is 14.1. The number of thioether (sulfide) groups is 1. The molecule has 1 aromatic carbocycles. The molecule has 148 valence electrons. The maximum absolute atomic E-state index is 11.9. The van der Waals surface area contributed by atoms with E-state index in [9.17, 15) is 4.79 Å². The van der Waals surface area contributed by atoms with Crippen LogP contribution in [0.5, 0.6) is 0 Å². The number of rotatable bonds is 9. The smallest absolute Gasteiger partial charge is 0.222 e. The van der Waals surface area contributed by atoms with E-state index in [2.05, 4.69) is 58.0 Å². The van der Waals surface area contributed by atoms with E-state index in [-0.39, 0.29) is 35.9 Å². The Labute approximate surface area is 179 Å². The minimum absolute atomic E-state index is 0. The zero-order valence-corrected chi connectivity index (χ0v) is 19.7. The standard InChI is InChI=1S/C19H32N4OS.HI/c1-6-15(3)22-18(24)12-13-21-19(20-7-2)23(4)14-16-8-10-17(25-5)11-9-16;/h8-11,15H,6-7,12-14H2,1-5H3,(H,20,21)(H,22,24);1H. The van der Waals surface area contributed by atoms with Gasteiger partial charge in [-0.2, -0.15) is 0 Å². The summed E-state index contributed by atoms with van der Waals surface area (Å²) in [6.07, 6.45) is 3.43. The minimum Gasteiger partial charge on any atom is -0.357 e. The van der Waals surface area contributed by atoms with Crippen LogP contribution in [0, 0.1) is 0 Å². The number of halogens is 1. The van der Waals surface area contributed by atoms with Gasteiger partial charge in [0.1, 0.15) is 0 Å². The van der Waals surface area contributed by atoms with Crippen molar-refractivity contribution in [3.63, 3.8) is 0 Å². The number of nitrogens with zero attached hydrogens (tertiary/aromatic N) is 2. The molecule has 0 saturated carbocycles. The van der Waals surface area contributed by atoms with Gasteiger partial charge in [0.05, 0.1) is 6.54 Å². The van der Waals surface area contributed by atoms with Crippen molar-refractivity contribution < 1.29 is 4.79 Å². The Morgan fingerprint density at radius 2 is 1.92 bits per heavy atom. The van der Waals surface area contributed by atoms with Crippen LogP contribution in [0.1, 0.15) is 39.2 Å². The van der Waals surface area contributed by atoms with Gasteiger partial charge in [0, 0.05) is 37.5 Å². The lowest BCUT2D eigenvalue weighted by atomic mass is 10.2. The van der Waals surface area contributed by atoms with Gasteiger partial charge in [-0.05, 0) is 44.2 Å². The Hall–Kier alpha value is -0.960. The Balaban J connectivity index is 0.00000625. The fraction of sp³-hybridized carbons (Fsp3) is 0.579. The molecule has 0 aromatic heterocycles. The summed E-state index contributed by atoms with van der Waals surface area (Å²) < 4.78 is 0. The van der Waals surface area contributed by atoms with Crippen molar-refractivity contribution >= 4 is 47.6 Å². The second-order valence-corrected chi connectivity index (χ2v) is 6.95. The van der Waals surface area contributed by atoms with Crippen LogP contribution in [-0.2, 0) is 11.3 Å². The van der Waals surface area contributed by atoms with E-state index in [1.807, 2.05) is 20.9 Å². The molecule has 0 fully saturated rings. The topological polar surface area (TPSA) is 56.7 Å². The van der Waals surface area contributed by atoms with Crippen LogP contribution >= 0.6 is 35.7 Å². The molecule has 0 bridgehead atoms. The van der Waals surface area contributed by atoms with Crippen LogP contribution in [0.15, 0.2) is 34.2 Å². The van der Waals surface area contributed by atoms with E-state index in [1.165, 1.54) is 10.5 Å². The molecule has 7 heteroatoms. The van der Waals surface area contributed by atoms with Crippen LogP contribution in [0.25, 0.3) is 0 Å². The quantitative estimate of drug-likeness (QED) is 0.239. The number of amides is 1. The highest BCUT2D eigenvalue weighted by Crippen LogP contribution is 2.15. The van der Waals surface area contributed by atoms with Gasteiger partial charge in [-0.1, -0.05) is 19.1 Å². The summed E-state index contributed by atoms with van der Waals surface area (Å²) in [6.45, 7) is 8.19. The number of nitrogens with one attached hydrogen (secondary N) is 2. The van der Waals surface area contributed by atoms with Crippen LogP contribution in [0.4, 0.5) is 0 Å². The molecule has 0 aliphatic carbocycles. The first-order valence-electron chi connectivity index (χ1n) is 8.91. The van der Waals surface area contributed by atoms with Crippen LogP contribution in [0.3, 0.4) is 0 Å². The monoisotopic (exact) mass is 492 g/mol. The first-order chi connectivity index (χ1) is 12.0. The molecule has 26 heavy (non-hydrogen) atoms. The third-order valence-corrected chi connectivity index (χ3v) is 4.64. The van der Waals surface area contributed by atoms with Crippen molar-refractivity contribution in [3.05, 3.63) is 29.8 Å². The fourth-order valence-corrected chi connectivity index (χ4v) is 2.67. The molecule has 1 rings (SSSR count). The molecule has 2 N–H and O–H groups in total. The molecule has 1 amide bonds. The number of carbonyl (C=O) groups is 1. The van der Waals surface area contributed by atoms with E-state index in [0.29, 0.717) is 13.0 Å². The van der Waals surface area contributed by atoms with Gasteiger partial charge in [-0.15, -0.1) is 35.7 Å². The molecule has 0 aliphatic rings. The molecule has 0 spiro atoms. The van der Waals surface area contributed by atoms with Crippen molar-refractivity contribution in [1.82, 2.24) is 15.5 Å². The lowest BCUT2D eigenvalue weighted by Crippen LogP contribution is -2.39. The molecule has 0 radical (unpaired) electrons. The number of aliphatic imine (C=N–C) groups is 1. The van der Waals surface area contributed by atoms with Gasteiger partial charge in [0.15, 0.2) is 5.96 Å². The number of carbonyl (C=O) groups excluding carboxylic acids is 1. The first-order valence-corrected chi connectivity index (χ1v) is 10.1. The summed E-state index contributed by atoms with van der Waals surface area (Å²) in [5.74, 6) is 0.886. The molecular weight excluding hydrogens is 459 g/mol.